The molecule has 0 saturated heterocycles. The van der Waals surface area contributed by atoms with E-state index in [1.54, 1.807) is 13.8 Å². The Bertz CT molecular complexity index is 332. The summed E-state index contributed by atoms with van der Waals surface area (Å²) in [6.07, 6.45) is 0. The van der Waals surface area contributed by atoms with E-state index < -0.39 is 23.3 Å². The van der Waals surface area contributed by atoms with Crippen LogP contribution in [0.15, 0.2) is 0 Å². The molecule has 0 saturated carbocycles. The summed E-state index contributed by atoms with van der Waals surface area (Å²) in [5, 5.41) is 0.0255. The minimum atomic E-state index is -0.568. The van der Waals surface area contributed by atoms with E-state index in [-0.39, 0.29) is 18.3 Å². The van der Waals surface area contributed by atoms with Crippen LogP contribution in [0, 0.1) is 11.3 Å². The molecule has 0 fully saturated rings. The van der Waals surface area contributed by atoms with Crippen LogP contribution in [0.3, 0.4) is 0 Å². The van der Waals surface area contributed by atoms with E-state index >= 15 is 0 Å². The Kier molecular flexibility index (Phi) is 7.75. The lowest BCUT2D eigenvalue weighted by molar-refractivity contribution is -0.160. The predicted octanol–water partition coefficient (Wildman–Crippen LogP) is 2.03. The zero-order valence-electron chi connectivity index (χ0n) is 12.1. The first kappa shape index (κ1) is 18.0. The third-order valence-electron chi connectivity index (χ3n) is 2.12. The van der Waals surface area contributed by atoms with Crippen LogP contribution in [0.1, 0.15) is 34.6 Å². The van der Waals surface area contributed by atoms with Gasteiger partial charge in [0.1, 0.15) is 0 Å². The zero-order valence-corrected chi connectivity index (χ0v) is 13.0. The molecule has 0 rings (SSSR count). The summed E-state index contributed by atoms with van der Waals surface area (Å²) >= 11 is 1.11. The molecule has 0 bridgehead atoms. The van der Waals surface area contributed by atoms with Crippen molar-refractivity contribution in [2.24, 2.45) is 11.3 Å². The number of carbonyl (C=O) groups excluding carboxylic acids is 3. The van der Waals surface area contributed by atoms with Crippen LogP contribution in [0.4, 0.5) is 0 Å². The van der Waals surface area contributed by atoms with Gasteiger partial charge >= 0.3 is 11.9 Å². The highest BCUT2D eigenvalue weighted by atomic mass is 32.2. The SMILES string of the molecule is CCOC(=O)COC(=O)C(C)CSC(=O)C(C)(C)C. The van der Waals surface area contributed by atoms with Crippen molar-refractivity contribution in [3.05, 3.63) is 0 Å². The Hall–Kier alpha value is -1.04. The van der Waals surface area contributed by atoms with Crippen molar-refractivity contribution in [2.75, 3.05) is 19.0 Å². The minimum Gasteiger partial charge on any atom is -0.463 e. The minimum absolute atomic E-state index is 0.0255. The van der Waals surface area contributed by atoms with E-state index in [1.165, 1.54) is 0 Å². The van der Waals surface area contributed by atoms with Gasteiger partial charge in [-0.05, 0) is 6.92 Å². The molecule has 110 valence electrons. The van der Waals surface area contributed by atoms with E-state index in [9.17, 15) is 14.4 Å². The Morgan fingerprint density at radius 2 is 1.74 bits per heavy atom. The van der Waals surface area contributed by atoms with Crippen LogP contribution >= 0.6 is 11.8 Å². The van der Waals surface area contributed by atoms with E-state index in [4.69, 9.17) is 4.74 Å². The first-order chi connectivity index (χ1) is 8.68. The first-order valence-electron chi connectivity index (χ1n) is 6.18. The summed E-state index contributed by atoms with van der Waals surface area (Å²) in [6, 6.07) is 0. The van der Waals surface area contributed by atoms with Gasteiger partial charge in [-0.1, -0.05) is 39.5 Å². The molecule has 0 amide bonds. The number of esters is 2. The van der Waals surface area contributed by atoms with E-state index in [1.807, 2.05) is 20.8 Å². The van der Waals surface area contributed by atoms with Crippen molar-refractivity contribution in [3.8, 4) is 0 Å². The van der Waals surface area contributed by atoms with Gasteiger partial charge in [0.25, 0.3) is 0 Å². The second kappa shape index (κ2) is 8.19. The molecule has 0 radical (unpaired) electrons. The standard InChI is InChI=1S/C13H22O5S/c1-6-17-10(14)7-18-11(15)9(2)8-19-12(16)13(3,4)5/h9H,6-8H2,1-5H3. The maximum absolute atomic E-state index is 11.7. The molecule has 0 aliphatic heterocycles. The summed E-state index contributed by atoms with van der Waals surface area (Å²) in [4.78, 5) is 34.2. The average Bonchev–Trinajstić information content (AvgIpc) is 2.31. The molecule has 19 heavy (non-hydrogen) atoms. The lowest BCUT2D eigenvalue weighted by Crippen LogP contribution is -2.24. The van der Waals surface area contributed by atoms with Crippen molar-refractivity contribution in [1.82, 2.24) is 0 Å². The second-order valence-electron chi connectivity index (χ2n) is 5.16. The monoisotopic (exact) mass is 290 g/mol. The zero-order chi connectivity index (χ0) is 15.1. The van der Waals surface area contributed by atoms with Crippen LogP contribution in [-0.2, 0) is 23.9 Å². The van der Waals surface area contributed by atoms with Crippen LogP contribution < -0.4 is 0 Å². The maximum Gasteiger partial charge on any atom is 0.344 e. The predicted molar refractivity (Wildman–Crippen MR) is 73.7 cm³/mol. The highest BCUT2D eigenvalue weighted by Crippen LogP contribution is 2.24. The fourth-order valence-corrected chi connectivity index (χ4v) is 1.93. The maximum atomic E-state index is 11.7. The van der Waals surface area contributed by atoms with Crippen molar-refractivity contribution in [3.63, 3.8) is 0 Å². The molecule has 1 atom stereocenters. The molecular formula is C13H22O5S. The molecule has 5 nitrogen and oxygen atoms in total. The van der Waals surface area contributed by atoms with Gasteiger partial charge in [0.05, 0.1) is 12.5 Å². The first-order valence-corrected chi connectivity index (χ1v) is 7.16. The Morgan fingerprint density at radius 1 is 1.16 bits per heavy atom. The summed E-state index contributed by atoms with van der Waals surface area (Å²) < 4.78 is 9.44. The van der Waals surface area contributed by atoms with Crippen molar-refractivity contribution < 1.29 is 23.9 Å². The summed E-state index contributed by atoms with van der Waals surface area (Å²) in [5.41, 5.74) is -0.431. The highest BCUT2D eigenvalue weighted by Gasteiger charge is 2.24. The molecule has 6 heteroatoms. The molecule has 0 aromatic carbocycles. The smallest absolute Gasteiger partial charge is 0.344 e. The lowest BCUT2D eigenvalue weighted by atomic mass is 10.00. The van der Waals surface area contributed by atoms with E-state index in [0.717, 1.165) is 11.8 Å². The van der Waals surface area contributed by atoms with E-state index in [0.29, 0.717) is 5.75 Å². The quantitative estimate of drug-likeness (QED) is 0.697. The van der Waals surface area contributed by atoms with Crippen LogP contribution in [0.5, 0.6) is 0 Å². The molecule has 1 unspecified atom stereocenters. The van der Waals surface area contributed by atoms with Crippen LogP contribution in [0.2, 0.25) is 0 Å². The Morgan fingerprint density at radius 3 is 2.21 bits per heavy atom. The molecule has 0 heterocycles. The van der Waals surface area contributed by atoms with E-state index in [2.05, 4.69) is 4.74 Å². The molecule has 0 spiro atoms. The topological polar surface area (TPSA) is 69.7 Å². The van der Waals surface area contributed by atoms with Gasteiger partial charge < -0.3 is 9.47 Å². The van der Waals surface area contributed by atoms with Gasteiger partial charge in [-0.25, -0.2) is 4.79 Å². The van der Waals surface area contributed by atoms with Crippen molar-refractivity contribution in [2.45, 2.75) is 34.6 Å². The summed E-state index contributed by atoms with van der Waals surface area (Å²) in [6.45, 7) is 8.69. The van der Waals surface area contributed by atoms with Gasteiger partial charge in [0.2, 0.25) is 0 Å². The number of hydrogen-bond donors (Lipinski definition) is 0. The number of hydrogen-bond acceptors (Lipinski definition) is 6. The highest BCUT2D eigenvalue weighted by molar-refractivity contribution is 8.13. The fourth-order valence-electron chi connectivity index (χ4n) is 0.960. The number of carbonyl (C=O) groups is 3. The Balaban J connectivity index is 4.01. The van der Waals surface area contributed by atoms with Crippen molar-refractivity contribution in [1.29, 1.82) is 0 Å². The molecule has 0 aliphatic carbocycles. The molecule has 0 aliphatic rings. The average molecular weight is 290 g/mol. The Labute approximate surface area is 118 Å². The third kappa shape index (κ3) is 7.87. The largest absolute Gasteiger partial charge is 0.463 e. The molecular weight excluding hydrogens is 268 g/mol. The number of rotatable bonds is 6. The van der Waals surface area contributed by atoms with Gasteiger partial charge in [0.15, 0.2) is 11.7 Å². The number of ether oxygens (including phenoxy) is 2. The summed E-state index contributed by atoms with van der Waals surface area (Å²) in [5.74, 6) is -1.16. The van der Waals surface area contributed by atoms with Crippen molar-refractivity contribution >= 4 is 28.8 Å². The van der Waals surface area contributed by atoms with Gasteiger partial charge in [-0.15, -0.1) is 0 Å². The molecule has 0 aromatic rings. The van der Waals surface area contributed by atoms with Gasteiger partial charge in [-0.2, -0.15) is 0 Å². The fraction of sp³-hybridized carbons (Fsp3) is 0.769. The van der Waals surface area contributed by atoms with Crippen LogP contribution in [0.25, 0.3) is 0 Å². The van der Waals surface area contributed by atoms with Gasteiger partial charge in [-0.3, -0.25) is 9.59 Å². The second-order valence-corrected chi connectivity index (χ2v) is 6.16. The number of thioether (sulfide) groups is 1. The van der Waals surface area contributed by atoms with Crippen LogP contribution in [-0.4, -0.2) is 36.0 Å². The van der Waals surface area contributed by atoms with Gasteiger partial charge in [0, 0.05) is 11.2 Å². The normalized spacial score (nSPS) is 12.7. The lowest BCUT2D eigenvalue weighted by Gasteiger charge is -2.17. The molecule has 0 N–H and O–H groups in total. The molecule has 0 aromatic heterocycles. The third-order valence-corrected chi connectivity index (χ3v) is 3.66. The summed E-state index contributed by atoms with van der Waals surface area (Å²) in [7, 11) is 0.